The van der Waals surface area contributed by atoms with Gasteiger partial charge in [0.05, 0.1) is 13.0 Å². The number of fused-ring (bicyclic) bond motifs is 1. The van der Waals surface area contributed by atoms with Crippen molar-refractivity contribution in [2.75, 3.05) is 7.11 Å². The van der Waals surface area contributed by atoms with E-state index < -0.39 is 0 Å². The molecule has 3 nitrogen and oxygen atoms in total. The number of ether oxygens (including phenoxy) is 1. The molecule has 13 heavy (non-hydrogen) atoms. The second kappa shape index (κ2) is 3.26. The number of halogens is 1. The molecule has 4 heteroatoms. The average Bonchev–Trinajstić information content (AvgIpc) is 2.58. The summed E-state index contributed by atoms with van der Waals surface area (Å²) in [4.78, 5) is 4.15. The number of benzene rings is 1. The topological polar surface area (TPSA) is 35.3 Å². The van der Waals surface area contributed by atoms with E-state index >= 15 is 0 Å². The van der Waals surface area contributed by atoms with Crippen molar-refractivity contribution in [3.8, 4) is 5.75 Å². The second-order valence-electron chi connectivity index (χ2n) is 2.57. The molecule has 68 valence electrons. The number of nitrogens with zero attached hydrogens (tertiary/aromatic N) is 1. The first-order valence-corrected chi connectivity index (χ1v) is 4.36. The Morgan fingerprint density at radius 3 is 3.08 bits per heavy atom. The van der Waals surface area contributed by atoms with E-state index in [9.17, 15) is 0 Å². The maximum Gasteiger partial charge on any atom is 0.210 e. The van der Waals surface area contributed by atoms with E-state index in [-0.39, 0.29) is 5.88 Å². The number of oxazole rings is 1. The Balaban J connectivity index is 2.57. The molecule has 0 spiro atoms. The largest absolute Gasteiger partial charge is 0.497 e. The number of rotatable bonds is 2. The summed E-state index contributed by atoms with van der Waals surface area (Å²) >= 11 is 5.58. The smallest absolute Gasteiger partial charge is 0.210 e. The zero-order valence-electron chi connectivity index (χ0n) is 7.08. The van der Waals surface area contributed by atoms with Crippen LogP contribution in [-0.4, -0.2) is 12.1 Å². The molecule has 0 saturated heterocycles. The summed E-state index contributed by atoms with van der Waals surface area (Å²) in [5.74, 6) is 1.58. The number of hydrogen-bond acceptors (Lipinski definition) is 3. The predicted octanol–water partition coefficient (Wildman–Crippen LogP) is 2.58. The minimum absolute atomic E-state index is 0.289. The van der Waals surface area contributed by atoms with Crippen molar-refractivity contribution >= 4 is 22.7 Å². The van der Waals surface area contributed by atoms with Crippen LogP contribution in [-0.2, 0) is 5.88 Å². The van der Waals surface area contributed by atoms with Crippen LogP contribution in [0, 0.1) is 0 Å². The molecule has 0 aliphatic carbocycles. The number of aromatic nitrogens is 1. The van der Waals surface area contributed by atoms with Crippen LogP contribution in [0.1, 0.15) is 5.89 Å². The Bertz CT molecular complexity index is 422. The first-order valence-electron chi connectivity index (χ1n) is 3.83. The number of alkyl halides is 1. The van der Waals surface area contributed by atoms with Gasteiger partial charge in [0.2, 0.25) is 5.89 Å². The van der Waals surface area contributed by atoms with Gasteiger partial charge in [-0.1, -0.05) is 0 Å². The zero-order chi connectivity index (χ0) is 9.26. The van der Waals surface area contributed by atoms with Crippen molar-refractivity contribution in [3.05, 3.63) is 24.1 Å². The van der Waals surface area contributed by atoms with Crippen LogP contribution in [0.25, 0.3) is 11.1 Å². The standard InChI is InChI=1S/C9H8ClNO2/c1-12-6-2-3-7-8(4-6)13-9(5-10)11-7/h2-4H,5H2,1H3. The van der Waals surface area contributed by atoms with Crippen LogP contribution < -0.4 is 4.74 Å². The summed E-state index contributed by atoms with van der Waals surface area (Å²) in [5, 5.41) is 0. The van der Waals surface area contributed by atoms with Crippen molar-refractivity contribution < 1.29 is 9.15 Å². The molecule has 0 bridgehead atoms. The van der Waals surface area contributed by atoms with Gasteiger partial charge in [0, 0.05) is 6.07 Å². The van der Waals surface area contributed by atoms with E-state index in [1.54, 1.807) is 13.2 Å². The summed E-state index contributed by atoms with van der Waals surface area (Å²) in [6, 6.07) is 5.47. The van der Waals surface area contributed by atoms with Gasteiger partial charge < -0.3 is 9.15 Å². The van der Waals surface area contributed by atoms with Crippen LogP contribution >= 0.6 is 11.6 Å². The van der Waals surface area contributed by atoms with Gasteiger partial charge in [-0.05, 0) is 12.1 Å². The summed E-state index contributed by atoms with van der Waals surface area (Å²) in [7, 11) is 1.61. The molecule has 1 heterocycles. The van der Waals surface area contributed by atoms with Gasteiger partial charge in [0.15, 0.2) is 5.58 Å². The lowest BCUT2D eigenvalue weighted by Gasteiger charge is -1.95. The average molecular weight is 198 g/mol. The third-order valence-electron chi connectivity index (χ3n) is 1.75. The normalized spacial score (nSPS) is 10.6. The molecular weight excluding hydrogens is 190 g/mol. The van der Waals surface area contributed by atoms with Crippen LogP contribution in [0.15, 0.2) is 22.6 Å². The first-order chi connectivity index (χ1) is 6.33. The lowest BCUT2D eigenvalue weighted by Crippen LogP contribution is -1.80. The van der Waals surface area contributed by atoms with Crippen molar-refractivity contribution in [2.24, 2.45) is 0 Å². The Labute approximate surface area is 80.3 Å². The Morgan fingerprint density at radius 1 is 1.54 bits per heavy atom. The molecule has 2 aromatic rings. The highest BCUT2D eigenvalue weighted by Crippen LogP contribution is 2.21. The van der Waals surface area contributed by atoms with Gasteiger partial charge in [0.25, 0.3) is 0 Å². The fourth-order valence-corrected chi connectivity index (χ4v) is 1.25. The quantitative estimate of drug-likeness (QED) is 0.695. The lowest BCUT2D eigenvalue weighted by atomic mass is 10.3. The highest BCUT2D eigenvalue weighted by Gasteiger charge is 2.04. The van der Waals surface area contributed by atoms with Gasteiger partial charge in [-0.25, -0.2) is 4.98 Å². The lowest BCUT2D eigenvalue weighted by molar-refractivity contribution is 0.414. The second-order valence-corrected chi connectivity index (χ2v) is 2.84. The molecule has 2 rings (SSSR count). The molecule has 0 aliphatic heterocycles. The van der Waals surface area contributed by atoms with Crippen LogP contribution in [0.2, 0.25) is 0 Å². The van der Waals surface area contributed by atoms with Crippen molar-refractivity contribution in [2.45, 2.75) is 5.88 Å². The molecule has 0 radical (unpaired) electrons. The van der Waals surface area contributed by atoms with Crippen molar-refractivity contribution in [1.29, 1.82) is 0 Å². The van der Waals surface area contributed by atoms with Gasteiger partial charge >= 0.3 is 0 Å². The maximum atomic E-state index is 5.58. The fourth-order valence-electron chi connectivity index (χ4n) is 1.14. The summed E-state index contributed by atoms with van der Waals surface area (Å²) in [6.45, 7) is 0. The molecule has 1 aromatic heterocycles. The number of hydrogen-bond donors (Lipinski definition) is 0. The van der Waals surface area contributed by atoms with E-state index in [0.29, 0.717) is 11.5 Å². The van der Waals surface area contributed by atoms with Crippen molar-refractivity contribution in [1.82, 2.24) is 4.98 Å². The monoisotopic (exact) mass is 197 g/mol. The molecule has 0 atom stereocenters. The molecule has 0 saturated carbocycles. The third kappa shape index (κ3) is 1.47. The first kappa shape index (κ1) is 8.38. The third-order valence-corrected chi connectivity index (χ3v) is 1.98. The molecule has 0 N–H and O–H groups in total. The Morgan fingerprint density at radius 2 is 2.38 bits per heavy atom. The summed E-state index contributed by atoms with van der Waals surface area (Å²) in [6.07, 6.45) is 0. The zero-order valence-corrected chi connectivity index (χ0v) is 7.84. The summed E-state index contributed by atoms with van der Waals surface area (Å²) in [5.41, 5.74) is 1.51. The van der Waals surface area contributed by atoms with E-state index in [0.717, 1.165) is 11.3 Å². The fraction of sp³-hybridized carbons (Fsp3) is 0.222. The molecule has 1 aromatic carbocycles. The van der Waals surface area contributed by atoms with Crippen LogP contribution in [0.3, 0.4) is 0 Å². The van der Waals surface area contributed by atoms with Gasteiger partial charge in [-0.15, -0.1) is 11.6 Å². The van der Waals surface area contributed by atoms with Crippen molar-refractivity contribution in [3.63, 3.8) is 0 Å². The SMILES string of the molecule is COc1ccc2nc(CCl)oc2c1. The minimum atomic E-state index is 0.289. The maximum absolute atomic E-state index is 5.58. The highest BCUT2D eigenvalue weighted by molar-refractivity contribution is 6.16. The van der Waals surface area contributed by atoms with E-state index in [2.05, 4.69) is 4.98 Å². The van der Waals surface area contributed by atoms with Crippen LogP contribution in [0.4, 0.5) is 0 Å². The van der Waals surface area contributed by atoms with Gasteiger partial charge in [0.1, 0.15) is 11.3 Å². The minimum Gasteiger partial charge on any atom is -0.497 e. The molecule has 0 amide bonds. The molecule has 0 aliphatic rings. The molecule has 0 fully saturated rings. The van der Waals surface area contributed by atoms with Crippen LogP contribution in [0.5, 0.6) is 5.75 Å². The predicted molar refractivity (Wildman–Crippen MR) is 50.1 cm³/mol. The summed E-state index contributed by atoms with van der Waals surface area (Å²) < 4.78 is 10.4. The Hall–Kier alpha value is -1.22. The highest BCUT2D eigenvalue weighted by atomic mass is 35.5. The number of methoxy groups -OCH3 is 1. The molecular formula is C9H8ClNO2. The van der Waals surface area contributed by atoms with E-state index in [4.69, 9.17) is 20.8 Å². The van der Waals surface area contributed by atoms with Gasteiger partial charge in [-0.2, -0.15) is 0 Å². The van der Waals surface area contributed by atoms with E-state index in [1.807, 2.05) is 12.1 Å². The van der Waals surface area contributed by atoms with Gasteiger partial charge in [-0.3, -0.25) is 0 Å². The van der Waals surface area contributed by atoms with E-state index in [1.165, 1.54) is 0 Å². The molecule has 0 unspecified atom stereocenters. The Kier molecular flexibility index (Phi) is 2.10.